The molecule has 8 heteroatoms. The Kier molecular flexibility index (Phi) is 4.52. The number of methoxy groups -OCH3 is 1. The number of rotatable bonds is 6. The Bertz CT molecular complexity index is 1020. The summed E-state index contributed by atoms with van der Waals surface area (Å²) in [5, 5.41) is 19.7. The lowest BCUT2D eigenvalue weighted by atomic mass is 10.2. The maximum atomic E-state index is 5.18. The molecule has 2 aromatic heterocycles. The maximum absolute atomic E-state index is 5.18. The highest BCUT2D eigenvalue weighted by Gasteiger charge is 2.09. The van der Waals surface area contributed by atoms with Gasteiger partial charge in [0.1, 0.15) is 5.75 Å². The molecule has 4 aromatic rings. The monoisotopic (exact) mass is 361 g/mol. The van der Waals surface area contributed by atoms with E-state index in [4.69, 9.17) is 4.74 Å². The highest BCUT2D eigenvalue weighted by molar-refractivity contribution is 5.40. The Labute approximate surface area is 156 Å². The fourth-order valence-electron chi connectivity index (χ4n) is 2.66. The van der Waals surface area contributed by atoms with Gasteiger partial charge in [0, 0.05) is 6.20 Å². The van der Waals surface area contributed by atoms with Crippen molar-refractivity contribution in [3.05, 3.63) is 72.1 Å². The van der Waals surface area contributed by atoms with Crippen molar-refractivity contribution in [2.45, 2.75) is 13.5 Å². The molecule has 0 radical (unpaired) electrons. The topological polar surface area (TPSA) is 82.7 Å². The molecule has 0 saturated heterocycles. The second-order valence-corrected chi connectivity index (χ2v) is 6.05. The van der Waals surface area contributed by atoms with Crippen LogP contribution in [0.15, 0.2) is 60.8 Å². The summed E-state index contributed by atoms with van der Waals surface area (Å²) in [5.74, 6) is 1.38. The molecule has 4 rings (SSSR count). The SMILES string of the molecule is COc1ccc(-n2ccc(CNc3nnnn3-c3ccc(C)cc3)n2)cc1. The number of tetrazole rings is 1. The van der Waals surface area contributed by atoms with E-state index in [2.05, 4.69) is 25.9 Å². The third-order valence-corrected chi connectivity index (χ3v) is 4.16. The van der Waals surface area contributed by atoms with E-state index in [9.17, 15) is 0 Å². The first kappa shape index (κ1) is 16.8. The molecule has 0 fully saturated rings. The van der Waals surface area contributed by atoms with Crippen molar-refractivity contribution in [1.82, 2.24) is 30.0 Å². The van der Waals surface area contributed by atoms with Crippen molar-refractivity contribution >= 4 is 5.95 Å². The molecule has 0 bridgehead atoms. The molecule has 0 aliphatic heterocycles. The van der Waals surface area contributed by atoms with Crippen LogP contribution in [0.1, 0.15) is 11.3 Å². The third kappa shape index (κ3) is 3.64. The number of anilines is 1. The van der Waals surface area contributed by atoms with Crippen LogP contribution in [0.25, 0.3) is 11.4 Å². The fraction of sp³-hybridized carbons (Fsp3) is 0.158. The third-order valence-electron chi connectivity index (χ3n) is 4.16. The zero-order chi connectivity index (χ0) is 18.6. The second-order valence-electron chi connectivity index (χ2n) is 6.05. The summed E-state index contributed by atoms with van der Waals surface area (Å²) in [7, 11) is 1.65. The van der Waals surface area contributed by atoms with Crippen LogP contribution in [0.4, 0.5) is 5.95 Å². The van der Waals surface area contributed by atoms with Gasteiger partial charge in [-0.15, -0.1) is 0 Å². The van der Waals surface area contributed by atoms with Gasteiger partial charge in [-0.05, 0) is 59.8 Å². The summed E-state index contributed by atoms with van der Waals surface area (Å²) in [5.41, 5.74) is 3.93. The molecule has 27 heavy (non-hydrogen) atoms. The van der Waals surface area contributed by atoms with Crippen LogP contribution in [-0.2, 0) is 6.54 Å². The average Bonchev–Trinajstić information content (AvgIpc) is 3.36. The van der Waals surface area contributed by atoms with E-state index in [-0.39, 0.29) is 0 Å². The lowest BCUT2D eigenvalue weighted by Crippen LogP contribution is -2.08. The van der Waals surface area contributed by atoms with Gasteiger partial charge in [0.25, 0.3) is 0 Å². The maximum Gasteiger partial charge on any atom is 0.248 e. The van der Waals surface area contributed by atoms with Crippen molar-refractivity contribution in [2.24, 2.45) is 0 Å². The zero-order valence-corrected chi connectivity index (χ0v) is 15.1. The minimum Gasteiger partial charge on any atom is -0.497 e. The normalized spacial score (nSPS) is 10.7. The van der Waals surface area contributed by atoms with Gasteiger partial charge in [0.2, 0.25) is 5.95 Å². The van der Waals surface area contributed by atoms with Gasteiger partial charge in [0.05, 0.1) is 30.7 Å². The minimum absolute atomic E-state index is 0.509. The fourth-order valence-corrected chi connectivity index (χ4v) is 2.66. The Balaban J connectivity index is 1.46. The van der Waals surface area contributed by atoms with Gasteiger partial charge in [-0.25, -0.2) is 4.68 Å². The summed E-state index contributed by atoms with van der Waals surface area (Å²) < 4.78 is 8.67. The molecular formula is C19H19N7O. The highest BCUT2D eigenvalue weighted by Crippen LogP contribution is 2.16. The van der Waals surface area contributed by atoms with Gasteiger partial charge in [0.15, 0.2) is 0 Å². The summed E-state index contributed by atoms with van der Waals surface area (Å²) in [6, 6.07) is 17.7. The average molecular weight is 361 g/mol. The van der Waals surface area contributed by atoms with Crippen molar-refractivity contribution in [1.29, 1.82) is 0 Å². The highest BCUT2D eigenvalue weighted by atomic mass is 16.5. The zero-order valence-electron chi connectivity index (χ0n) is 15.1. The number of aryl methyl sites for hydroxylation is 1. The first-order valence-electron chi connectivity index (χ1n) is 8.51. The van der Waals surface area contributed by atoms with Crippen LogP contribution in [0.5, 0.6) is 5.75 Å². The second kappa shape index (κ2) is 7.28. The molecule has 2 heterocycles. The van der Waals surface area contributed by atoms with Gasteiger partial charge in [-0.2, -0.15) is 9.78 Å². The number of nitrogens with one attached hydrogen (secondary N) is 1. The Morgan fingerprint density at radius 3 is 2.44 bits per heavy atom. The molecule has 0 aliphatic rings. The number of hydrogen-bond acceptors (Lipinski definition) is 6. The first-order chi connectivity index (χ1) is 13.2. The summed E-state index contributed by atoms with van der Waals surface area (Å²) in [6.07, 6.45) is 1.92. The molecular weight excluding hydrogens is 342 g/mol. The van der Waals surface area contributed by atoms with Crippen molar-refractivity contribution in [3.63, 3.8) is 0 Å². The largest absolute Gasteiger partial charge is 0.497 e. The van der Waals surface area contributed by atoms with Crippen LogP contribution in [0, 0.1) is 6.92 Å². The number of ether oxygens (including phenoxy) is 1. The number of benzene rings is 2. The summed E-state index contributed by atoms with van der Waals surface area (Å²) in [6.45, 7) is 2.55. The van der Waals surface area contributed by atoms with E-state index in [0.29, 0.717) is 12.5 Å². The van der Waals surface area contributed by atoms with Crippen molar-refractivity contribution in [3.8, 4) is 17.1 Å². The molecule has 1 N–H and O–H groups in total. The summed E-state index contributed by atoms with van der Waals surface area (Å²) in [4.78, 5) is 0. The molecule has 8 nitrogen and oxygen atoms in total. The molecule has 0 aliphatic carbocycles. The van der Waals surface area contributed by atoms with Crippen LogP contribution < -0.4 is 10.1 Å². The van der Waals surface area contributed by atoms with E-state index in [1.165, 1.54) is 5.56 Å². The van der Waals surface area contributed by atoms with E-state index < -0.39 is 0 Å². The van der Waals surface area contributed by atoms with Crippen LogP contribution in [0.2, 0.25) is 0 Å². The van der Waals surface area contributed by atoms with Gasteiger partial charge in [-0.1, -0.05) is 22.8 Å². The molecule has 0 unspecified atom stereocenters. The minimum atomic E-state index is 0.509. The Morgan fingerprint density at radius 1 is 0.963 bits per heavy atom. The van der Waals surface area contributed by atoms with Gasteiger partial charge < -0.3 is 10.1 Å². The molecule has 0 amide bonds. The number of nitrogens with zero attached hydrogens (tertiary/aromatic N) is 6. The number of aromatic nitrogens is 6. The van der Waals surface area contributed by atoms with Crippen molar-refractivity contribution < 1.29 is 4.74 Å². The quantitative estimate of drug-likeness (QED) is 0.569. The Hall–Kier alpha value is -3.68. The van der Waals surface area contributed by atoms with Crippen LogP contribution in [0.3, 0.4) is 0 Å². The molecule has 2 aromatic carbocycles. The van der Waals surface area contributed by atoms with Crippen molar-refractivity contribution in [2.75, 3.05) is 12.4 Å². The van der Waals surface area contributed by atoms with E-state index in [0.717, 1.165) is 22.8 Å². The number of hydrogen-bond donors (Lipinski definition) is 1. The smallest absolute Gasteiger partial charge is 0.248 e. The standard InChI is InChI=1S/C19H19N7O/c1-14-3-5-17(6-4-14)26-19(21-23-24-26)20-13-15-11-12-25(22-15)16-7-9-18(27-2)10-8-16/h3-12H,13H2,1-2H3,(H,20,21,24). The predicted molar refractivity (Wildman–Crippen MR) is 101 cm³/mol. The van der Waals surface area contributed by atoms with E-state index in [1.54, 1.807) is 11.8 Å². The molecule has 136 valence electrons. The van der Waals surface area contributed by atoms with Gasteiger partial charge in [-0.3, -0.25) is 0 Å². The summed E-state index contributed by atoms with van der Waals surface area (Å²) >= 11 is 0. The molecule has 0 spiro atoms. The lowest BCUT2D eigenvalue weighted by Gasteiger charge is -2.06. The Morgan fingerprint density at radius 2 is 1.70 bits per heavy atom. The lowest BCUT2D eigenvalue weighted by molar-refractivity contribution is 0.414. The molecule has 0 atom stereocenters. The predicted octanol–water partition coefficient (Wildman–Crippen LogP) is 2.78. The van der Waals surface area contributed by atoms with E-state index >= 15 is 0 Å². The first-order valence-corrected chi connectivity index (χ1v) is 8.51. The van der Waals surface area contributed by atoms with Gasteiger partial charge >= 0.3 is 0 Å². The van der Waals surface area contributed by atoms with E-state index in [1.807, 2.05) is 72.4 Å². The van der Waals surface area contributed by atoms with Crippen LogP contribution in [-0.4, -0.2) is 37.1 Å². The molecule has 0 saturated carbocycles. The van der Waals surface area contributed by atoms with Crippen LogP contribution >= 0.6 is 0 Å².